The van der Waals surface area contributed by atoms with Gasteiger partial charge in [-0.3, -0.25) is 0 Å². The molecule has 1 saturated heterocycles. The van der Waals surface area contributed by atoms with E-state index in [1.807, 2.05) is 7.05 Å². The number of pyridine rings is 1. The smallest absolute Gasteiger partial charge is 0.141 e. The minimum Gasteiger partial charge on any atom is -0.381 e. The molecule has 2 rings (SSSR count). The van der Waals surface area contributed by atoms with Gasteiger partial charge in [0.1, 0.15) is 11.6 Å². The molecule has 0 aliphatic carbocycles. The zero-order valence-corrected chi connectivity index (χ0v) is 10.9. The summed E-state index contributed by atoms with van der Waals surface area (Å²) in [5.41, 5.74) is 0.911. The second-order valence-corrected chi connectivity index (χ2v) is 4.59. The molecule has 1 aliphatic heterocycles. The number of halogens is 1. The molecule has 0 unspecified atom stereocenters. The van der Waals surface area contributed by atoms with Crippen molar-refractivity contribution in [1.82, 2.24) is 10.3 Å². The monoisotopic (exact) mass is 253 g/mol. The molecule has 0 aromatic carbocycles. The largest absolute Gasteiger partial charge is 0.381 e. The van der Waals surface area contributed by atoms with E-state index in [9.17, 15) is 4.39 Å². The standard InChI is InChI=1S/C13H20FN3O/c1-15-8-10-7-11(14)9-16-13(10)17-5-3-12(18-2)4-6-17/h7,9,12,15H,3-6,8H2,1-2H3. The zero-order valence-electron chi connectivity index (χ0n) is 10.9. The van der Waals surface area contributed by atoms with Crippen LogP contribution in [0.1, 0.15) is 18.4 Å². The van der Waals surface area contributed by atoms with Gasteiger partial charge in [0.15, 0.2) is 0 Å². The first-order chi connectivity index (χ1) is 8.74. The molecule has 0 atom stereocenters. The second-order valence-electron chi connectivity index (χ2n) is 4.59. The van der Waals surface area contributed by atoms with Gasteiger partial charge in [0, 0.05) is 32.3 Å². The number of methoxy groups -OCH3 is 1. The van der Waals surface area contributed by atoms with Gasteiger partial charge in [-0.15, -0.1) is 0 Å². The van der Waals surface area contributed by atoms with Crippen molar-refractivity contribution in [1.29, 1.82) is 0 Å². The third kappa shape index (κ3) is 2.97. The number of nitrogens with one attached hydrogen (secondary N) is 1. The predicted molar refractivity (Wildman–Crippen MR) is 69.2 cm³/mol. The summed E-state index contributed by atoms with van der Waals surface area (Å²) in [6.07, 6.45) is 3.62. The Bertz CT molecular complexity index is 392. The summed E-state index contributed by atoms with van der Waals surface area (Å²) in [7, 11) is 3.61. The second kappa shape index (κ2) is 6.11. The minimum atomic E-state index is -0.282. The number of aromatic nitrogens is 1. The lowest BCUT2D eigenvalue weighted by Gasteiger charge is -2.33. The highest BCUT2D eigenvalue weighted by Gasteiger charge is 2.21. The maximum absolute atomic E-state index is 13.2. The maximum Gasteiger partial charge on any atom is 0.141 e. The van der Waals surface area contributed by atoms with Crippen molar-refractivity contribution in [3.63, 3.8) is 0 Å². The molecule has 0 bridgehead atoms. The quantitative estimate of drug-likeness (QED) is 0.883. The Hall–Kier alpha value is -1.20. The van der Waals surface area contributed by atoms with Gasteiger partial charge >= 0.3 is 0 Å². The van der Waals surface area contributed by atoms with Crippen LogP contribution < -0.4 is 10.2 Å². The van der Waals surface area contributed by atoms with Crippen LogP contribution in [0.4, 0.5) is 10.2 Å². The van der Waals surface area contributed by atoms with E-state index in [-0.39, 0.29) is 5.82 Å². The van der Waals surface area contributed by atoms with E-state index in [2.05, 4.69) is 15.2 Å². The SMILES string of the molecule is CNCc1cc(F)cnc1N1CCC(OC)CC1. The van der Waals surface area contributed by atoms with Crippen molar-refractivity contribution in [3.05, 3.63) is 23.6 Å². The lowest BCUT2D eigenvalue weighted by molar-refractivity contribution is 0.0817. The molecule has 0 saturated carbocycles. The summed E-state index contributed by atoms with van der Waals surface area (Å²) in [5.74, 6) is 0.607. The average Bonchev–Trinajstić information content (AvgIpc) is 2.40. The summed E-state index contributed by atoms with van der Waals surface area (Å²) in [6.45, 7) is 2.45. The van der Waals surface area contributed by atoms with Crippen LogP contribution in [0.5, 0.6) is 0 Å². The molecule has 0 amide bonds. The van der Waals surface area contributed by atoms with Gasteiger partial charge in [-0.2, -0.15) is 0 Å². The lowest BCUT2D eigenvalue weighted by atomic mass is 10.1. The van der Waals surface area contributed by atoms with Crippen LogP contribution in [-0.4, -0.2) is 38.3 Å². The van der Waals surface area contributed by atoms with Crippen molar-refractivity contribution in [2.24, 2.45) is 0 Å². The van der Waals surface area contributed by atoms with E-state index < -0.39 is 0 Å². The maximum atomic E-state index is 13.2. The molecule has 0 spiro atoms. The minimum absolute atomic E-state index is 0.282. The van der Waals surface area contributed by atoms with Crippen molar-refractivity contribution in [2.45, 2.75) is 25.5 Å². The topological polar surface area (TPSA) is 37.4 Å². The Labute approximate surface area is 107 Å². The molecular formula is C13H20FN3O. The van der Waals surface area contributed by atoms with Crippen LogP contribution in [0, 0.1) is 5.82 Å². The normalized spacial score (nSPS) is 17.2. The van der Waals surface area contributed by atoms with E-state index in [4.69, 9.17) is 4.74 Å². The molecule has 18 heavy (non-hydrogen) atoms. The molecule has 1 fully saturated rings. The summed E-state index contributed by atoms with van der Waals surface area (Å²) >= 11 is 0. The lowest BCUT2D eigenvalue weighted by Crippen LogP contribution is -2.37. The van der Waals surface area contributed by atoms with Crippen LogP contribution in [0.3, 0.4) is 0 Å². The van der Waals surface area contributed by atoms with Gasteiger partial charge in [0.25, 0.3) is 0 Å². The zero-order chi connectivity index (χ0) is 13.0. The number of anilines is 1. The molecule has 0 radical (unpaired) electrons. The van der Waals surface area contributed by atoms with Gasteiger partial charge in [-0.25, -0.2) is 9.37 Å². The number of rotatable bonds is 4. The van der Waals surface area contributed by atoms with E-state index >= 15 is 0 Å². The van der Waals surface area contributed by atoms with Gasteiger partial charge in [0.05, 0.1) is 12.3 Å². The Kier molecular flexibility index (Phi) is 4.49. The van der Waals surface area contributed by atoms with Gasteiger partial charge in [0.2, 0.25) is 0 Å². The van der Waals surface area contributed by atoms with Crippen LogP contribution in [0.25, 0.3) is 0 Å². The Morgan fingerprint density at radius 1 is 1.50 bits per heavy atom. The highest BCUT2D eigenvalue weighted by atomic mass is 19.1. The first-order valence-corrected chi connectivity index (χ1v) is 6.31. The van der Waals surface area contributed by atoms with Crippen LogP contribution >= 0.6 is 0 Å². The number of nitrogens with zero attached hydrogens (tertiary/aromatic N) is 2. The van der Waals surface area contributed by atoms with E-state index in [1.54, 1.807) is 13.2 Å². The molecule has 1 aromatic heterocycles. The van der Waals surface area contributed by atoms with Crippen molar-refractivity contribution < 1.29 is 9.13 Å². The fourth-order valence-corrected chi connectivity index (χ4v) is 2.38. The predicted octanol–water partition coefficient (Wildman–Crippen LogP) is 1.56. The van der Waals surface area contributed by atoms with Crippen molar-refractivity contribution in [2.75, 3.05) is 32.1 Å². The summed E-state index contributed by atoms with van der Waals surface area (Å²) in [6, 6.07) is 1.56. The van der Waals surface area contributed by atoms with Crippen LogP contribution in [-0.2, 0) is 11.3 Å². The van der Waals surface area contributed by atoms with Crippen molar-refractivity contribution >= 4 is 5.82 Å². The first kappa shape index (κ1) is 13.2. The Morgan fingerprint density at radius 3 is 2.83 bits per heavy atom. The highest BCUT2D eigenvalue weighted by Crippen LogP contribution is 2.23. The number of hydrogen-bond acceptors (Lipinski definition) is 4. The summed E-state index contributed by atoms with van der Waals surface area (Å²) in [5, 5.41) is 3.05. The van der Waals surface area contributed by atoms with Gasteiger partial charge in [-0.1, -0.05) is 0 Å². The molecule has 4 nitrogen and oxygen atoms in total. The molecule has 1 aromatic rings. The Morgan fingerprint density at radius 2 is 2.22 bits per heavy atom. The molecule has 5 heteroatoms. The van der Waals surface area contributed by atoms with Crippen LogP contribution in [0.2, 0.25) is 0 Å². The molecule has 1 N–H and O–H groups in total. The Balaban J connectivity index is 2.13. The van der Waals surface area contributed by atoms with Crippen molar-refractivity contribution in [3.8, 4) is 0 Å². The molecular weight excluding hydrogens is 233 g/mol. The number of ether oxygens (including phenoxy) is 1. The molecule has 1 aliphatic rings. The number of piperidine rings is 1. The number of hydrogen-bond donors (Lipinski definition) is 1. The summed E-state index contributed by atoms with van der Waals surface area (Å²) < 4.78 is 18.6. The van der Waals surface area contributed by atoms with E-state index in [0.29, 0.717) is 12.6 Å². The highest BCUT2D eigenvalue weighted by molar-refractivity contribution is 5.47. The molecule has 100 valence electrons. The van der Waals surface area contributed by atoms with E-state index in [1.165, 1.54) is 6.20 Å². The molecule has 2 heterocycles. The third-order valence-electron chi connectivity index (χ3n) is 3.35. The first-order valence-electron chi connectivity index (χ1n) is 6.31. The van der Waals surface area contributed by atoms with Crippen LogP contribution in [0.15, 0.2) is 12.3 Å². The van der Waals surface area contributed by atoms with E-state index in [0.717, 1.165) is 37.3 Å². The van der Waals surface area contributed by atoms with Gasteiger partial charge in [-0.05, 0) is 26.0 Å². The third-order valence-corrected chi connectivity index (χ3v) is 3.35. The van der Waals surface area contributed by atoms with Gasteiger partial charge < -0.3 is 15.0 Å². The summed E-state index contributed by atoms with van der Waals surface area (Å²) in [4.78, 5) is 6.45. The average molecular weight is 253 g/mol. The fraction of sp³-hybridized carbons (Fsp3) is 0.615. The fourth-order valence-electron chi connectivity index (χ4n) is 2.38.